The van der Waals surface area contributed by atoms with Crippen LogP contribution in [0.4, 0.5) is 5.69 Å². The van der Waals surface area contributed by atoms with Gasteiger partial charge in [-0.1, -0.05) is 35.9 Å². The maximum absolute atomic E-state index is 12.5. The fraction of sp³-hybridized carbons (Fsp3) is 0.190. The summed E-state index contributed by atoms with van der Waals surface area (Å²) in [7, 11) is 0. The number of rotatable bonds is 4. The molecule has 2 aromatic rings. The topological polar surface area (TPSA) is 61.4 Å². The predicted octanol–water partition coefficient (Wildman–Crippen LogP) is 4.10. The maximum atomic E-state index is 12.5. The first kappa shape index (κ1) is 20.0. The van der Waals surface area contributed by atoms with Crippen LogP contribution in [0.3, 0.4) is 0 Å². The van der Waals surface area contributed by atoms with Crippen molar-refractivity contribution in [3.63, 3.8) is 0 Å². The van der Waals surface area contributed by atoms with E-state index in [1.807, 2.05) is 23.1 Å². The Morgan fingerprint density at radius 3 is 2.57 bits per heavy atom. The van der Waals surface area contributed by atoms with Crippen molar-refractivity contribution in [1.82, 2.24) is 10.2 Å². The van der Waals surface area contributed by atoms with Crippen LogP contribution in [0.25, 0.3) is 6.08 Å². The van der Waals surface area contributed by atoms with Crippen LogP contribution in [0, 0.1) is 0 Å². The number of nitrogens with zero attached hydrogens (tertiary/aromatic N) is 1. The second-order valence-electron chi connectivity index (χ2n) is 6.38. The molecular weight excluding hydrogens is 394 g/mol. The van der Waals surface area contributed by atoms with Gasteiger partial charge in [-0.05, 0) is 61.0 Å². The van der Waals surface area contributed by atoms with Gasteiger partial charge in [0.2, 0.25) is 5.91 Å². The lowest BCUT2D eigenvalue weighted by Gasteiger charge is -2.16. The molecule has 2 N–H and O–H groups in total. The first-order chi connectivity index (χ1) is 13.5. The highest BCUT2D eigenvalue weighted by atomic mass is 35.5. The quantitative estimate of drug-likeness (QED) is 0.585. The normalized spacial score (nSPS) is 13.5. The van der Waals surface area contributed by atoms with Crippen molar-refractivity contribution >= 4 is 52.5 Å². The summed E-state index contributed by atoms with van der Waals surface area (Å²) in [5.74, 6) is -0.361. The average molecular weight is 414 g/mol. The number of hydrogen-bond acceptors (Lipinski definition) is 3. The second kappa shape index (κ2) is 9.48. The summed E-state index contributed by atoms with van der Waals surface area (Å²) in [6.07, 6.45) is 5.07. The third kappa shape index (κ3) is 5.41. The minimum atomic E-state index is -0.373. The highest BCUT2D eigenvalue weighted by Crippen LogP contribution is 2.17. The monoisotopic (exact) mass is 413 g/mol. The van der Waals surface area contributed by atoms with Crippen molar-refractivity contribution in [3.05, 3.63) is 70.8 Å². The van der Waals surface area contributed by atoms with Crippen LogP contribution in [0.15, 0.2) is 54.6 Å². The molecule has 144 valence electrons. The molecule has 3 rings (SSSR count). The Balaban J connectivity index is 1.57. The first-order valence-electron chi connectivity index (χ1n) is 8.97. The molecule has 0 aromatic heterocycles. The summed E-state index contributed by atoms with van der Waals surface area (Å²) in [5, 5.41) is 6.23. The maximum Gasteiger partial charge on any atom is 0.253 e. The number of carbonyl (C=O) groups is 2. The van der Waals surface area contributed by atoms with E-state index in [4.69, 9.17) is 23.8 Å². The van der Waals surface area contributed by atoms with Crippen molar-refractivity contribution in [2.45, 2.75) is 12.8 Å². The summed E-state index contributed by atoms with van der Waals surface area (Å²) in [5.41, 5.74) is 1.98. The average Bonchev–Trinajstić information content (AvgIpc) is 3.21. The van der Waals surface area contributed by atoms with Gasteiger partial charge in [0, 0.05) is 35.4 Å². The predicted molar refractivity (Wildman–Crippen MR) is 116 cm³/mol. The summed E-state index contributed by atoms with van der Waals surface area (Å²) in [6, 6.07) is 14.3. The molecule has 1 aliphatic heterocycles. The van der Waals surface area contributed by atoms with E-state index in [0.717, 1.165) is 31.5 Å². The highest BCUT2D eigenvalue weighted by Gasteiger charge is 2.19. The molecule has 1 fully saturated rings. The van der Waals surface area contributed by atoms with E-state index in [-0.39, 0.29) is 16.9 Å². The molecule has 2 aromatic carbocycles. The Hall–Kier alpha value is -2.70. The Labute approximate surface area is 174 Å². The van der Waals surface area contributed by atoms with E-state index in [2.05, 4.69) is 10.6 Å². The molecule has 5 nitrogen and oxygen atoms in total. The lowest BCUT2D eigenvalue weighted by Crippen LogP contribution is -2.33. The molecule has 1 heterocycles. The zero-order valence-corrected chi connectivity index (χ0v) is 16.7. The number of carbonyl (C=O) groups excluding carboxylic acids is 2. The van der Waals surface area contributed by atoms with Gasteiger partial charge in [-0.15, -0.1) is 0 Å². The van der Waals surface area contributed by atoms with Crippen molar-refractivity contribution in [2.24, 2.45) is 0 Å². The van der Waals surface area contributed by atoms with E-state index < -0.39 is 0 Å². The van der Waals surface area contributed by atoms with Crippen molar-refractivity contribution in [1.29, 1.82) is 0 Å². The molecule has 2 amide bonds. The molecule has 1 saturated heterocycles. The lowest BCUT2D eigenvalue weighted by atomic mass is 10.2. The fourth-order valence-corrected chi connectivity index (χ4v) is 3.34. The third-order valence-corrected chi connectivity index (χ3v) is 4.87. The molecule has 1 aliphatic rings. The number of amides is 2. The Morgan fingerprint density at radius 2 is 1.82 bits per heavy atom. The first-order valence-corrected chi connectivity index (χ1v) is 9.75. The third-order valence-electron chi connectivity index (χ3n) is 4.32. The second-order valence-corrected chi connectivity index (χ2v) is 7.19. The number of benzene rings is 2. The highest BCUT2D eigenvalue weighted by molar-refractivity contribution is 7.80. The number of halogens is 1. The van der Waals surface area contributed by atoms with Crippen LogP contribution >= 0.6 is 23.8 Å². The van der Waals surface area contributed by atoms with Crippen molar-refractivity contribution < 1.29 is 9.59 Å². The zero-order chi connectivity index (χ0) is 19.9. The van der Waals surface area contributed by atoms with Crippen LogP contribution < -0.4 is 10.6 Å². The Bertz CT molecular complexity index is 923. The molecule has 0 unspecified atom stereocenters. The molecule has 0 spiro atoms. The summed E-state index contributed by atoms with van der Waals surface area (Å²) < 4.78 is 0. The molecule has 0 saturated carbocycles. The van der Waals surface area contributed by atoms with Gasteiger partial charge in [0.25, 0.3) is 5.91 Å². The zero-order valence-electron chi connectivity index (χ0n) is 15.2. The number of likely N-dealkylation sites (tertiary alicyclic amines) is 1. The molecule has 0 bridgehead atoms. The van der Waals surface area contributed by atoms with Crippen molar-refractivity contribution in [2.75, 3.05) is 18.4 Å². The van der Waals surface area contributed by atoms with Gasteiger partial charge in [-0.2, -0.15) is 0 Å². The Morgan fingerprint density at radius 1 is 1.07 bits per heavy atom. The summed E-state index contributed by atoms with van der Waals surface area (Å²) >= 11 is 11.2. The van der Waals surface area contributed by atoms with E-state index in [9.17, 15) is 9.59 Å². The minimum absolute atomic E-state index is 0.0128. The van der Waals surface area contributed by atoms with Crippen LogP contribution in [0.1, 0.15) is 28.8 Å². The largest absolute Gasteiger partial charge is 0.339 e. The lowest BCUT2D eigenvalue weighted by molar-refractivity contribution is -0.115. The standard InChI is InChI=1S/C21H20ClN3O2S/c22-18-9-2-1-6-15(18)10-11-19(26)24-21(28)23-17-8-5-7-16(14-17)20(27)25-12-3-4-13-25/h1-2,5-11,14H,3-4,12-13H2,(H2,23,24,26,28)/b11-10+. The smallest absolute Gasteiger partial charge is 0.253 e. The van der Waals surface area contributed by atoms with Crippen LogP contribution in [-0.4, -0.2) is 34.9 Å². The van der Waals surface area contributed by atoms with Gasteiger partial charge in [0.1, 0.15) is 0 Å². The van der Waals surface area contributed by atoms with E-state index >= 15 is 0 Å². The van der Waals surface area contributed by atoms with E-state index in [1.54, 1.807) is 36.4 Å². The summed E-state index contributed by atoms with van der Waals surface area (Å²) in [6.45, 7) is 1.59. The van der Waals surface area contributed by atoms with Crippen LogP contribution in [0.5, 0.6) is 0 Å². The van der Waals surface area contributed by atoms with Crippen LogP contribution in [0.2, 0.25) is 5.02 Å². The molecule has 28 heavy (non-hydrogen) atoms. The van der Waals surface area contributed by atoms with E-state index in [1.165, 1.54) is 6.08 Å². The number of anilines is 1. The van der Waals surface area contributed by atoms with E-state index in [0.29, 0.717) is 16.3 Å². The van der Waals surface area contributed by atoms with Crippen LogP contribution in [-0.2, 0) is 4.79 Å². The molecule has 7 heteroatoms. The summed E-state index contributed by atoms with van der Waals surface area (Å²) in [4.78, 5) is 26.4. The fourth-order valence-electron chi connectivity index (χ4n) is 2.92. The number of hydrogen-bond donors (Lipinski definition) is 2. The van der Waals surface area contributed by atoms with Gasteiger partial charge in [-0.3, -0.25) is 14.9 Å². The van der Waals surface area contributed by atoms with Gasteiger partial charge in [0.15, 0.2) is 5.11 Å². The molecule has 0 aliphatic carbocycles. The van der Waals surface area contributed by atoms with Gasteiger partial charge < -0.3 is 10.2 Å². The number of thiocarbonyl (C=S) groups is 1. The van der Waals surface area contributed by atoms with Crippen molar-refractivity contribution in [3.8, 4) is 0 Å². The SMILES string of the molecule is O=C(/C=C/c1ccccc1Cl)NC(=S)Nc1cccc(C(=O)N2CCCC2)c1. The Kier molecular flexibility index (Phi) is 6.79. The van der Waals surface area contributed by atoms with Gasteiger partial charge in [-0.25, -0.2) is 0 Å². The number of nitrogens with one attached hydrogen (secondary N) is 2. The molecular formula is C21H20ClN3O2S. The van der Waals surface area contributed by atoms with Gasteiger partial charge in [0.05, 0.1) is 0 Å². The molecule has 0 radical (unpaired) electrons. The molecule has 0 atom stereocenters. The van der Waals surface area contributed by atoms with Gasteiger partial charge >= 0.3 is 0 Å². The minimum Gasteiger partial charge on any atom is -0.339 e.